The number of aliphatic hydroxyl groups is 1. The van der Waals surface area contributed by atoms with Crippen molar-refractivity contribution in [2.24, 2.45) is 0 Å². The molecule has 0 aliphatic carbocycles. The Morgan fingerprint density at radius 3 is 2.65 bits per heavy atom. The summed E-state index contributed by atoms with van der Waals surface area (Å²) in [5.74, 6) is 2.22. The molecule has 5 heteroatoms. The smallest absolute Gasteiger partial charge is 0.231 e. The highest BCUT2D eigenvalue weighted by atomic mass is 16.7. The van der Waals surface area contributed by atoms with Gasteiger partial charge in [-0.2, -0.15) is 0 Å². The average molecular weight is 308 g/mol. The van der Waals surface area contributed by atoms with Crippen molar-refractivity contribution in [1.82, 2.24) is 9.55 Å². The standard InChI is InChI=1S/C18H16N2O3/c21-9-8-20-15-11-17-16(22-12-23-17)10-14(15)19-18(20)7-6-13-4-2-1-3-5-13/h1-7,10-11,21H,8-9,12H2/b7-6+. The van der Waals surface area contributed by atoms with Crippen LogP contribution in [-0.2, 0) is 6.54 Å². The van der Waals surface area contributed by atoms with Gasteiger partial charge < -0.3 is 19.1 Å². The van der Waals surface area contributed by atoms with Gasteiger partial charge in [0.2, 0.25) is 6.79 Å². The Bertz CT molecular complexity index is 869. The fourth-order valence-corrected chi connectivity index (χ4v) is 2.73. The van der Waals surface area contributed by atoms with Gasteiger partial charge in [0.1, 0.15) is 5.82 Å². The van der Waals surface area contributed by atoms with Crippen LogP contribution in [0.25, 0.3) is 23.2 Å². The predicted molar refractivity (Wildman–Crippen MR) is 88.3 cm³/mol. The molecule has 0 amide bonds. The third-order valence-electron chi connectivity index (χ3n) is 3.82. The van der Waals surface area contributed by atoms with Gasteiger partial charge in [0.05, 0.1) is 17.6 Å². The van der Waals surface area contributed by atoms with E-state index in [0.717, 1.165) is 28.2 Å². The third-order valence-corrected chi connectivity index (χ3v) is 3.82. The second kappa shape index (κ2) is 5.78. The number of nitrogens with zero attached hydrogens (tertiary/aromatic N) is 2. The molecule has 1 aromatic heterocycles. The van der Waals surface area contributed by atoms with E-state index < -0.39 is 0 Å². The van der Waals surface area contributed by atoms with Gasteiger partial charge in [0.25, 0.3) is 0 Å². The van der Waals surface area contributed by atoms with Crippen LogP contribution < -0.4 is 9.47 Å². The van der Waals surface area contributed by atoms with Crippen molar-refractivity contribution >= 4 is 23.2 Å². The normalized spacial score (nSPS) is 13.3. The Balaban J connectivity index is 1.79. The van der Waals surface area contributed by atoms with Gasteiger partial charge in [-0.25, -0.2) is 4.98 Å². The molecular formula is C18H16N2O3. The second-order valence-electron chi connectivity index (χ2n) is 5.28. The Morgan fingerprint density at radius 1 is 1.09 bits per heavy atom. The monoisotopic (exact) mass is 308 g/mol. The van der Waals surface area contributed by atoms with Crippen LogP contribution in [0, 0.1) is 0 Å². The average Bonchev–Trinajstić information content (AvgIpc) is 3.16. The van der Waals surface area contributed by atoms with Crippen molar-refractivity contribution in [3.05, 3.63) is 53.9 Å². The first kappa shape index (κ1) is 13.8. The van der Waals surface area contributed by atoms with Gasteiger partial charge in [0.15, 0.2) is 11.5 Å². The number of rotatable bonds is 4. The summed E-state index contributed by atoms with van der Waals surface area (Å²) in [4.78, 5) is 4.65. The zero-order chi connectivity index (χ0) is 15.6. The van der Waals surface area contributed by atoms with Crippen molar-refractivity contribution in [3.8, 4) is 11.5 Å². The molecule has 0 fully saturated rings. The van der Waals surface area contributed by atoms with E-state index in [9.17, 15) is 5.11 Å². The van der Waals surface area contributed by atoms with Crippen LogP contribution >= 0.6 is 0 Å². The number of ether oxygens (including phenoxy) is 2. The molecule has 0 spiro atoms. The molecule has 2 aromatic carbocycles. The summed E-state index contributed by atoms with van der Waals surface area (Å²) >= 11 is 0. The van der Waals surface area contributed by atoms with E-state index >= 15 is 0 Å². The van der Waals surface area contributed by atoms with Crippen LogP contribution in [0.1, 0.15) is 11.4 Å². The molecule has 4 rings (SSSR count). The zero-order valence-electron chi connectivity index (χ0n) is 12.5. The Kier molecular flexibility index (Phi) is 3.48. The lowest BCUT2D eigenvalue weighted by Crippen LogP contribution is -2.04. The fraction of sp³-hybridized carbons (Fsp3) is 0.167. The second-order valence-corrected chi connectivity index (χ2v) is 5.28. The van der Waals surface area contributed by atoms with Crippen molar-refractivity contribution in [2.45, 2.75) is 6.54 Å². The van der Waals surface area contributed by atoms with Crippen LogP contribution in [0.4, 0.5) is 0 Å². The highest BCUT2D eigenvalue weighted by Crippen LogP contribution is 2.36. The van der Waals surface area contributed by atoms with Crippen LogP contribution in [-0.4, -0.2) is 28.1 Å². The number of imidazole rings is 1. The Morgan fingerprint density at radius 2 is 1.87 bits per heavy atom. The summed E-state index contributed by atoms with van der Waals surface area (Å²) in [7, 11) is 0. The molecular weight excluding hydrogens is 292 g/mol. The van der Waals surface area contributed by atoms with Gasteiger partial charge in [-0.3, -0.25) is 0 Å². The first-order valence-electron chi connectivity index (χ1n) is 7.49. The molecule has 0 radical (unpaired) electrons. The largest absolute Gasteiger partial charge is 0.454 e. The van der Waals surface area contributed by atoms with Crippen LogP contribution in [0.2, 0.25) is 0 Å². The highest BCUT2D eigenvalue weighted by molar-refractivity contribution is 5.83. The molecule has 5 nitrogen and oxygen atoms in total. The molecule has 0 bridgehead atoms. The van der Waals surface area contributed by atoms with Crippen LogP contribution in [0.3, 0.4) is 0 Å². The molecule has 1 aliphatic rings. The van der Waals surface area contributed by atoms with E-state index in [1.54, 1.807) is 0 Å². The molecule has 0 saturated heterocycles. The molecule has 2 heterocycles. The van der Waals surface area contributed by atoms with Crippen LogP contribution in [0.15, 0.2) is 42.5 Å². The maximum absolute atomic E-state index is 9.37. The van der Waals surface area contributed by atoms with Gasteiger partial charge in [-0.1, -0.05) is 36.4 Å². The molecule has 1 N–H and O–H groups in total. The van der Waals surface area contributed by atoms with E-state index in [0.29, 0.717) is 12.3 Å². The minimum absolute atomic E-state index is 0.0477. The maximum Gasteiger partial charge on any atom is 0.231 e. The number of aliphatic hydroxyl groups excluding tert-OH is 1. The van der Waals surface area contributed by atoms with Crippen molar-refractivity contribution in [2.75, 3.05) is 13.4 Å². The number of benzene rings is 2. The highest BCUT2D eigenvalue weighted by Gasteiger charge is 2.18. The maximum atomic E-state index is 9.37. The van der Waals surface area contributed by atoms with E-state index in [-0.39, 0.29) is 13.4 Å². The molecule has 0 saturated carbocycles. The number of hydrogen-bond acceptors (Lipinski definition) is 4. The van der Waals surface area contributed by atoms with Crippen molar-refractivity contribution in [3.63, 3.8) is 0 Å². The summed E-state index contributed by atoms with van der Waals surface area (Å²) in [5.41, 5.74) is 2.86. The summed E-state index contributed by atoms with van der Waals surface area (Å²) in [6.45, 7) is 0.763. The summed E-state index contributed by atoms with van der Waals surface area (Å²) in [5, 5.41) is 9.37. The minimum atomic E-state index is 0.0477. The van der Waals surface area contributed by atoms with E-state index in [1.807, 2.05) is 59.2 Å². The number of hydrogen-bond donors (Lipinski definition) is 1. The lowest BCUT2D eigenvalue weighted by molar-refractivity contribution is 0.174. The SMILES string of the molecule is OCCn1c(/C=C/c2ccccc2)nc2cc3c(cc21)OCO3. The molecule has 0 atom stereocenters. The van der Waals surface area contributed by atoms with Crippen molar-refractivity contribution in [1.29, 1.82) is 0 Å². The summed E-state index contributed by atoms with van der Waals surface area (Å²) in [6.07, 6.45) is 3.97. The molecule has 1 aliphatic heterocycles. The van der Waals surface area contributed by atoms with Gasteiger partial charge >= 0.3 is 0 Å². The Hall–Kier alpha value is -2.79. The number of fused-ring (bicyclic) bond motifs is 2. The predicted octanol–water partition coefficient (Wildman–Crippen LogP) is 2.93. The first-order chi connectivity index (χ1) is 11.3. The van der Waals surface area contributed by atoms with Gasteiger partial charge in [0, 0.05) is 18.7 Å². The fourth-order valence-electron chi connectivity index (χ4n) is 2.73. The molecule has 3 aromatic rings. The van der Waals surface area contributed by atoms with E-state index in [1.165, 1.54) is 0 Å². The molecule has 0 unspecified atom stereocenters. The minimum Gasteiger partial charge on any atom is -0.454 e. The van der Waals surface area contributed by atoms with Gasteiger partial charge in [-0.15, -0.1) is 0 Å². The molecule has 116 valence electrons. The molecule has 23 heavy (non-hydrogen) atoms. The lowest BCUT2D eigenvalue weighted by atomic mass is 10.2. The van der Waals surface area contributed by atoms with Crippen LogP contribution in [0.5, 0.6) is 11.5 Å². The lowest BCUT2D eigenvalue weighted by Gasteiger charge is -2.05. The third kappa shape index (κ3) is 2.55. The van der Waals surface area contributed by atoms with E-state index in [4.69, 9.17) is 9.47 Å². The first-order valence-corrected chi connectivity index (χ1v) is 7.49. The number of aromatic nitrogens is 2. The van der Waals surface area contributed by atoms with Crippen molar-refractivity contribution < 1.29 is 14.6 Å². The van der Waals surface area contributed by atoms with E-state index in [2.05, 4.69) is 4.98 Å². The topological polar surface area (TPSA) is 56.5 Å². The summed E-state index contributed by atoms with van der Waals surface area (Å²) < 4.78 is 12.8. The quantitative estimate of drug-likeness (QED) is 0.805. The summed E-state index contributed by atoms with van der Waals surface area (Å²) in [6, 6.07) is 13.8. The zero-order valence-corrected chi connectivity index (χ0v) is 12.5. The Labute approximate surface area is 133 Å². The van der Waals surface area contributed by atoms with Gasteiger partial charge in [-0.05, 0) is 11.6 Å².